The molecule has 17 heavy (non-hydrogen) atoms. The van der Waals surface area contributed by atoms with Gasteiger partial charge in [-0.15, -0.1) is 0 Å². The van der Waals surface area contributed by atoms with Crippen LogP contribution in [0.15, 0.2) is 0 Å². The van der Waals surface area contributed by atoms with Gasteiger partial charge in [0.2, 0.25) is 0 Å². The summed E-state index contributed by atoms with van der Waals surface area (Å²) < 4.78 is 15.6. The molecule has 0 aliphatic rings. The van der Waals surface area contributed by atoms with Gasteiger partial charge >= 0.3 is 5.97 Å². The van der Waals surface area contributed by atoms with Gasteiger partial charge in [0, 0.05) is 0 Å². The Morgan fingerprint density at radius 1 is 1.24 bits per heavy atom. The van der Waals surface area contributed by atoms with Crippen LogP contribution in [0, 0.1) is 0 Å². The lowest BCUT2D eigenvalue weighted by atomic mass is 10.3. The minimum atomic E-state index is -0.390. The maximum atomic E-state index is 11.5. The molecule has 0 radical (unpaired) electrons. The van der Waals surface area contributed by atoms with Crippen LogP contribution in [0.25, 0.3) is 0 Å². The number of likely N-dealkylation sites (N-methyl/N-ethyl adjacent to an activating group) is 1. The second-order valence-corrected chi connectivity index (χ2v) is 3.86. The minimum Gasteiger partial charge on any atom is -0.465 e. The van der Waals surface area contributed by atoms with Crippen molar-refractivity contribution >= 4 is 5.97 Å². The van der Waals surface area contributed by atoms with Crippen LogP contribution in [0.4, 0.5) is 0 Å². The third-order valence-electron chi connectivity index (χ3n) is 1.99. The average Bonchev–Trinajstić information content (AvgIpc) is 2.27. The molecule has 5 heteroatoms. The summed E-state index contributed by atoms with van der Waals surface area (Å²) in [5.74, 6) is -0.265. The molecule has 1 unspecified atom stereocenters. The van der Waals surface area contributed by atoms with E-state index in [4.69, 9.17) is 14.2 Å². The first-order valence-electron chi connectivity index (χ1n) is 6.21. The highest BCUT2D eigenvalue weighted by Crippen LogP contribution is 1.93. The third kappa shape index (κ3) is 9.09. The Morgan fingerprint density at radius 2 is 1.94 bits per heavy atom. The number of hydrogen-bond acceptors (Lipinski definition) is 5. The number of rotatable bonds is 10. The molecule has 0 aromatic heterocycles. The minimum absolute atomic E-state index is 0.202. The normalized spacial score (nSPS) is 12.8. The molecule has 102 valence electrons. The monoisotopic (exact) mass is 247 g/mol. The van der Waals surface area contributed by atoms with Crippen molar-refractivity contribution in [1.29, 1.82) is 0 Å². The van der Waals surface area contributed by atoms with E-state index in [2.05, 4.69) is 5.32 Å². The van der Waals surface area contributed by atoms with Crippen molar-refractivity contribution in [2.24, 2.45) is 0 Å². The van der Waals surface area contributed by atoms with E-state index in [1.807, 2.05) is 20.8 Å². The largest absolute Gasteiger partial charge is 0.465 e. The molecular weight excluding hydrogens is 222 g/mol. The SMILES string of the molecule is CCNC(COCCOC(C)C)C(=O)OCC. The average molecular weight is 247 g/mol. The first kappa shape index (κ1) is 16.4. The molecule has 0 aromatic carbocycles. The van der Waals surface area contributed by atoms with Crippen molar-refractivity contribution in [3.8, 4) is 0 Å². The molecule has 0 aliphatic carbocycles. The summed E-state index contributed by atoms with van der Waals surface area (Å²) in [5, 5.41) is 3.03. The molecule has 1 atom stereocenters. The second kappa shape index (κ2) is 10.5. The van der Waals surface area contributed by atoms with Gasteiger partial charge in [-0.2, -0.15) is 0 Å². The standard InChI is InChI=1S/C12H25NO4/c1-5-13-11(12(14)16-6-2)9-15-7-8-17-10(3)4/h10-11,13H,5-9H2,1-4H3. The van der Waals surface area contributed by atoms with E-state index >= 15 is 0 Å². The lowest BCUT2D eigenvalue weighted by Crippen LogP contribution is -2.42. The molecule has 0 heterocycles. The van der Waals surface area contributed by atoms with Crippen molar-refractivity contribution in [3.63, 3.8) is 0 Å². The van der Waals surface area contributed by atoms with Crippen LogP contribution >= 0.6 is 0 Å². The fraction of sp³-hybridized carbons (Fsp3) is 0.917. The summed E-state index contributed by atoms with van der Waals surface area (Å²) in [6.07, 6.45) is 0.202. The number of carbonyl (C=O) groups excluding carboxylic acids is 1. The van der Waals surface area contributed by atoms with Crippen LogP contribution in [0.3, 0.4) is 0 Å². The molecule has 5 nitrogen and oxygen atoms in total. The zero-order chi connectivity index (χ0) is 13.1. The molecule has 0 bridgehead atoms. The van der Waals surface area contributed by atoms with E-state index in [1.165, 1.54) is 0 Å². The van der Waals surface area contributed by atoms with Crippen LogP contribution in [0.2, 0.25) is 0 Å². The van der Waals surface area contributed by atoms with E-state index in [9.17, 15) is 4.79 Å². The lowest BCUT2D eigenvalue weighted by molar-refractivity contribution is -0.147. The topological polar surface area (TPSA) is 56.8 Å². The lowest BCUT2D eigenvalue weighted by Gasteiger charge is -2.16. The highest BCUT2D eigenvalue weighted by molar-refractivity contribution is 5.75. The summed E-state index contributed by atoms with van der Waals surface area (Å²) in [6.45, 7) is 10.1. The second-order valence-electron chi connectivity index (χ2n) is 3.86. The van der Waals surface area contributed by atoms with Crippen molar-refractivity contribution in [2.75, 3.05) is 33.0 Å². The summed E-state index contributed by atoms with van der Waals surface area (Å²) in [6, 6.07) is -0.390. The molecule has 0 fully saturated rings. The number of ether oxygens (including phenoxy) is 3. The first-order valence-corrected chi connectivity index (χ1v) is 6.21. The molecular formula is C12H25NO4. The van der Waals surface area contributed by atoms with Crippen LogP contribution in [-0.4, -0.2) is 51.1 Å². The van der Waals surface area contributed by atoms with Gasteiger partial charge in [-0.1, -0.05) is 6.92 Å². The van der Waals surface area contributed by atoms with Crippen LogP contribution in [0.5, 0.6) is 0 Å². The van der Waals surface area contributed by atoms with Crippen molar-refractivity contribution in [1.82, 2.24) is 5.32 Å². The number of hydrogen-bond donors (Lipinski definition) is 1. The number of nitrogens with one attached hydrogen (secondary N) is 1. The Morgan fingerprint density at radius 3 is 2.47 bits per heavy atom. The Hall–Kier alpha value is -0.650. The Kier molecular flexibility index (Phi) is 10.1. The summed E-state index contributed by atoms with van der Waals surface area (Å²) in [7, 11) is 0. The maximum Gasteiger partial charge on any atom is 0.325 e. The fourth-order valence-corrected chi connectivity index (χ4v) is 1.24. The van der Waals surface area contributed by atoms with E-state index in [0.29, 0.717) is 33.0 Å². The van der Waals surface area contributed by atoms with E-state index in [-0.39, 0.29) is 18.1 Å². The van der Waals surface area contributed by atoms with Crippen molar-refractivity contribution < 1.29 is 19.0 Å². The zero-order valence-electron chi connectivity index (χ0n) is 11.3. The quantitative estimate of drug-likeness (QED) is 0.460. The van der Waals surface area contributed by atoms with E-state index in [1.54, 1.807) is 6.92 Å². The smallest absolute Gasteiger partial charge is 0.325 e. The molecule has 0 spiro atoms. The predicted molar refractivity (Wildman–Crippen MR) is 66.0 cm³/mol. The van der Waals surface area contributed by atoms with Gasteiger partial charge in [0.1, 0.15) is 6.04 Å². The van der Waals surface area contributed by atoms with Gasteiger partial charge in [-0.05, 0) is 27.3 Å². The van der Waals surface area contributed by atoms with Gasteiger partial charge in [0.05, 0.1) is 32.5 Å². The van der Waals surface area contributed by atoms with Gasteiger partial charge < -0.3 is 19.5 Å². The fourth-order valence-electron chi connectivity index (χ4n) is 1.24. The zero-order valence-corrected chi connectivity index (χ0v) is 11.3. The van der Waals surface area contributed by atoms with Gasteiger partial charge in [-0.25, -0.2) is 0 Å². The maximum absolute atomic E-state index is 11.5. The summed E-state index contributed by atoms with van der Waals surface area (Å²) in [5.41, 5.74) is 0. The number of carbonyl (C=O) groups is 1. The van der Waals surface area contributed by atoms with Crippen molar-refractivity contribution in [3.05, 3.63) is 0 Å². The van der Waals surface area contributed by atoms with Crippen molar-refractivity contribution in [2.45, 2.75) is 39.8 Å². The number of esters is 1. The molecule has 0 amide bonds. The van der Waals surface area contributed by atoms with E-state index in [0.717, 1.165) is 0 Å². The molecule has 0 saturated carbocycles. The third-order valence-corrected chi connectivity index (χ3v) is 1.99. The van der Waals surface area contributed by atoms with Crippen LogP contribution in [0.1, 0.15) is 27.7 Å². The molecule has 0 aliphatic heterocycles. The molecule has 0 saturated heterocycles. The van der Waals surface area contributed by atoms with Gasteiger partial charge in [-0.3, -0.25) is 4.79 Å². The molecule has 0 aromatic rings. The summed E-state index contributed by atoms with van der Waals surface area (Å²) in [4.78, 5) is 11.5. The highest BCUT2D eigenvalue weighted by Gasteiger charge is 2.18. The Balaban J connectivity index is 3.73. The Bertz CT molecular complexity index is 197. The van der Waals surface area contributed by atoms with E-state index < -0.39 is 0 Å². The van der Waals surface area contributed by atoms with Crippen LogP contribution in [-0.2, 0) is 19.0 Å². The molecule has 0 rings (SSSR count). The van der Waals surface area contributed by atoms with Gasteiger partial charge in [0.25, 0.3) is 0 Å². The Labute approximate surface area is 104 Å². The first-order chi connectivity index (χ1) is 8.11. The predicted octanol–water partition coefficient (Wildman–Crippen LogP) is 0.969. The summed E-state index contributed by atoms with van der Waals surface area (Å²) >= 11 is 0. The van der Waals surface area contributed by atoms with Gasteiger partial charge in [0.15, 0.2) is 0 Å². The highest BCUT2D eigenvalue weighted by atomic mass is 16.5. The molecule has 1 N–H and O–H groups in total. The van der Waals surface area contributed by atoms with Crippen LogP contribution < -0.4 is 5.32 Å².